The van der Waals surface area contributed by atoms with Crippen LogP contribution in [0.25, 0.3) is 6.08 Å². The monoisotopic (exact) mass is 293 g/mol. The lowest BCUT2D eigenvalue weighted by Gasteiger charge is -2.26. The van der Waals surface area contributed by atoms with Crippen LogP contribution >= 0.6 is 0 Å². The minimum Gasteiger partial charge on any atom is -0.478 e. The molecule has 1 unspecified atom stereocenters. The molecule has 1 aliphatic rings. The number of likely N-dealkylation sites (N-methyl/N-ethyl adjacent to an activating group) is 1. The minimum absolute atomic E-state index is 0.163. The van der Waals surface area contributed by atoms with E-state index in [1.165, 1.54) is 12.1 Å². The van der Waals surface area contributed by atoms with Gasteiger partial charge in [0, 0.05) is 25.8 Å². The predicted octanol–water partition coefficient (Wildman–Crippen LogP) is 2.93. The van der Waals surface area contributed by atoms with Crippen molar-refractivity contribution in [3.8, 4) is 0 Å². The van der Waals surface area contributed by atoms with E-state index in [0.717, 1.165) is 25.5 Å². The summed E-state index contributed by atoms with van der Waals surface area (Å²) < 4.78 is 19.8. The molecule has 1 aromatic rings. The largest absolute Gasteiger partial charge is 0.478 e. The van der Waals surface area contributed by atoms with Crippen LogP contribution in [-0.2, 0) is 9.53 Å². The van der Waals surface area contributed by atoms with Crippen LogP contribution in [0.4, 0.5) is 10.1 Å². The standard InChI is InChI=1S/C16H20FNO3/c1-2-18(11-13-4-3-9-21-13)15-7-5-12(10-14(15)17)6-8-16(19)20/h5-8,10,13H,2-4,9,11H2,1H3,(H,19,20). The third kappa shape index (κ3) is 4.29. The highest BCUT2D eigenvalue weighted by Gasteiger charge is 2.20. The molecule has 1 N–H and O–H groups in total. The minimum atomic E-state index is -1.05. The number of hydrogen-bond donors (Lipinski definition) is 1. The summed E-state index contributed by atoms with van der Waals surface area (Å²) in [6, 6.07) is 4.76. The molecule has 1 heterocycles. The molecule has 0 aliphatic carbocycles. The first-order chi connectivity index (χ1) is 10.1. The summed E-state index contributed by atoms with van der Waals surface area (Å²) in [6.07, 6.45) is 4.61. The molecule has 1 aliphatic heterocycles. The average molecular weight is 293 g/mol. The molecule has 0 spiro atoms. The van der Waals surface area contributed by atoms with E-state index in [0.29, 0.717) is 24.3 Å². The Morgan fingerprint density at radius 3 is 2.95 bits per heavy atom. The van der Waals surface area contributed by atoms with E-state index in [1.807, 2.05) is 11.8 Å². The van der Waals surface area contributed by atoms with Crippen LogP contribution in [0.5, 0.6) is 0 Å². The van der Waals surface area contributed by atoms with Crippen LogP contribution in [0.2, 0.25) is 0 Å². The maximum atomic E-state index is 14.2. The quantitative estimate of drug-likeness (QED) is 0.819. The second kappa shape index (κ2) is 7.22. The van der Waals surface area contributed by atoms with Gasteiger partial charge in [0.05, 0.1) is 11.8 Å². The Hall–Kier alpha value is -1.88. The molecule has 1 saturated heterocycles. The molecule has 0 amide bonds. The molecule has 0 aromatic heterocycles. The lowest BCUT2D eigenvalue weighted by molar-refractivity contribution is -0.131. The number of nitrogens with zero attached hydrogens (tertiary/aromatic N) is 1. The number of rotatable bonds is 6. The lowest BCUT2D eigenvalue weighted by atomic mass is 10.1. The van der Waals surface area contributed by atoms with Crippen LogP contribution in [0.15, 0.2) is 24.3 Å². The maximum Gasteiger partial charge on any atom is 0.328 e. The van der Waals surface area contributed by atoms with Gasteiger partial charge in [0.2, 0.25) is 0 Å². The van der Waals surface area contributed by atoms with E-state index in [9.17, 15) is 9.18 Å². The Balaban J connectivity index is 2.11. The molecule has 5 heteroatoms. The fourth-order valence-corrected chi connectivity index (χ4v) is 2.48. The number of carboxylic acid groups (broad SMARTS) is 1. The Bertz CT molecular complexity index is 524. The van der Waals surface area contributed by atoms with E-state index in [-0.39, 0.29) is 11.9 Å². The van der Waals surface area contributed by atoms with Crippen molar-refractivity contribution in [2.24, 2.45) is 0 Å². The summed E-state index contributed by atoms with van der Waals surface area (Å²) in [6.45, 7) is 4.13. The molecule has 1 fully saturated rings. The highest BCUT2D eigenvalue weighted by molar-refractivity contribution is 5.85. The number of hydrogen-bond acceptors (Lipinski definition) is 3. The Labute approximate surface area is 123 Å². The van der Waals surface area contributed by atoms with Gasteiger partial charge in [-0.25, -0.2) is 9.18 Å². The summed E-state index contributed by atoms with van der Waals surface area (Å²) in [7, 11) is 0. The number of halogens is 1. The van der Waals surface area contributed by atoms with Crippen LogP contribution in [0.1, 0.15) is 25.3 Å². The molecule has 0 radical (unpaired) electrons. The highest BCUT2D eigenvalue weighted by atomic mass is 19.1. The zero-order valence-electron chi connectivity index (χ0n) is 12.1. The molecule has 4 nitrogen and oxygen atoms in total. The molecule has 2 rings (SSSR count). The van der Waals surface area contributed by atoms with Crippen LogP contribution < -0.4 is 4.90 Å². The van der Waals surface area contributed by atoms with Gasteiger partial charge in [0.25, 0.3) is 0 Å². The van der Waals surface area contributed by atoms with Gasteiger partial charge in [-0.3, -0.25) is 0 Å². The number of aliphatic carboxylic acids is 1. The fraction of sp³-hybridized carbons (Fsp3) is 0.438. The molecule has 0 saturated carbocycles. The van der Waals surface area contributed by atoms with Crippen LogP contribution in [0.3, 0.4) is 0 Å². The van der Waals surface area contributed by atoms with Gasteiger partial charge in [-0.1, -0.05) is 6.07 Å². The van der Waals surface area contributed by atoms with E-state index >= 15 is 0 Å². The van der Waals surface area contributed by atoms with Crippen LogP contribution in [-0.4, -0.2) is 36.9 Å². The smallest absolute Gasteiger partial charge is 0.328 e. The topological polar surface area (TPSA) is 49.8 Å². The van der Waals surface area contributed by atoms with Crippen molar-refractivity contribution in [2.75, 3.05) is 24.6 Å². The number of anilines is 1. The van der Waals surface area contributed by atoms with Gasteiger partial charge >= 0.3 is 5.97 Å². The molecular weight excluding hydrogens is 273 g/mol. The summed E-state index contributed by atoms with van der Waals surface area (Å²) in [4.78, 5) is 12.4. The van der Waals surface area contributed by atoms with Crippen molar-refractivity contribution < 1.29 is 19.0 Å². The Morgan fingerprint density at radius 2 is 2.38 bits per heavy atom. The predicted molar refractivity (Wildman–Crippen MR) is 79.9 cm³/mol. The lowest BCUT2D eigenvalue weighted by Crippen LogP contribution is -2.32. The fourth-order valence-electron chi connectivity index (χ4n) is 2.48. The van der Waals surface area contributed by atoms with E-state index < -0.39 is 5.97 Å². The van der Waals surface area contributed by atoms with Crippen molar-refractivity contribution in [1.82, 2.24) is 0 Å². The molecule has 0 bridgehead atoms. The zero-order valence-corrected chi connectivity index (χ0v) is 12.1. The van der Waals surface area contributed by atoms with Gasteiger partial charge in [0.15, 0.2) is 0 Å². The first-order valence-electron chi connectivity index (χ1n) is 7.17. The third-order valence-corrected chi connectivity index (χ3v) is 3.56. The average Bonchev–Trinajstić information content (AvgIpc) is 2.96. The van der Waals surface area contributed by atoms with Crippen LogP contribution in [0, 0.1) is 5.82 Å². The van der Waals surface area contributed by atoms with Crippen molar-refractivity contribution in [3.05, 3.63) is 35.7 Å². The second-order valence-electron chi connectivity index (χ2n) is 5.06. The summed E-state index contributed by atoms with van der Waals surface area (Å²) in [5.74, 6) is -1.39. The Kier molecular flexibility index (Phi) is 5.33. The van der Waals surface area contributed by atoms with Crippen molar-refractivity contribution in [2.45, 2.75) is 25.9 Å². The Morgan fingerprint density at radius 1 is 1.57 bits per heavy atom. The normalized spacial score (nSPS) is 18.3. The zero-order chi connectivity index (χ0) is 15.2. The summed E-state index contributed by atoms with van der Waals surface area (Å²) in [5.41, 5.74) is 1.06. The van der Waals surface area contributed by atoms with Gasteiger partial charge in [-0.05, 0) is 43.5 Å². The van der Waals surface area contributed by atoms with Gasteiger partial charge in [-0.15, -0.1) is 0 Å². The first kappa shape index (κ1) is 15.5. The van der Waals surface area contributed by atoms with Gasteiger partial charge in [0.1, 0.15) is 5.82 Å². The van der Waals surface area contributed by atoms with E-state index in [1.54, 1.807) is 12.1 Å². The molecule has 1 atom stereocenters. The van der Waals surface area contributed by atoms with E-state index in [4.69, 9.17) is 9.84 Å². The molecule has 1 aromatic carbocycles. The van der Waals surface area contributed by atoms with Crippen molar-refractivity contribution in [3.63, 3.8) is 0 Å². The number of ether oxygens (including phenoxy) is 1. The summed E-state index contributed by atoms with van der Waals surface area (Å²) in [5, 5.41) is 8.58. The van der Waals surface area contributed by atoms with Crippen molar-refractivity contribution in [1.29, 1.82) is 0 Å². The first-order valence-corrected chi connectivity index (χ1v) is 7.17. The summed E-state index contributed by atoms with van der Waals surface area (Å²) >= 11 is 0. The highest BCUT2D eigenvalue weighted by Crippen LogP contribution is 2.23. The maximum absolute atomic E-state index is 14.2. The number of carbonyl (C=O) groups is 1. The van der Waals surface area contributed by atoms with Crippen molar-refractivity contribution >= 4 is 17.7 Å². The van der Waals surface area contributed by atoms with E-state index in [2.05, 4.69) is 0 Å². The molecular formula is C16H20FNO3. The van der Waals surface area contributed by atoms with Gasteiger partial charge in [-0.2, -0.15) is 0 Å². The molecule has 21 heavy (non-hydrogen) atoms. The second-order valence-corrected chi connectivity index (χ2v) is 5.06. The molecule has 114 valence electrons. The van der Waals surface area contributed by atoms with Gasteiger partial charge < -0.3 is 14.7 Å². The number of carboxylic acids is 1. The number of benzene rings is 1. The third-order valence-electron chi connectivity index (χ3n) is 3.56. The SMILES string of the molecule is CCN(CC1CCCO1)c1ccc(C=CC(=O)O)cc1F.